The van der Waals surface area contributed by atoms with E-state index in [1.165, 1.54) is 4.90 Å². The molecular formula is C17H27N3O2. The number of rotatable bonds is 6. The predicted octanol–water partition coefficient (Wildman–Crippen LogP) is 3.03. The number of ether oxygens (including phenoxy) is 1. The van der Waals surface area contributed by atoms with Crippen LogP contribution in [0, 0.1) is 0 Å². The molecule has 1 atom stereocenters. The van der Waals surface area contributed by atoms with Crippen molar-refractivity contribution in [1.82, 2.24) is 9.88 Å². The lowest BCUT2D eigenvalue weighted by molar-refractivity contribution is -0.134. The molecule has 0 aliphatic carbocycles. The normalized spacial score (nSPS) is 12.5. The van der Waals surface area contributed by atoms with Gasteiger partial charge >= 0.3 is 0 Å². The second kappa shape index (κ2) is 11.6. The van der Waals surface area contributed by atoms with Gasteiger partial charge in [-0.1, -0.05) is 26.0 Å². The summed E-state index contributed by atoms with van der Waals surface area (Å²) >= 11 is 0. The van der Waals surface area contributed by atoms with Crippen molar-refractivity contribution in [2.75, 3.05) is 20.7 Å². The van der Waals surface area contributed by atoms with Gasteiger partial charge in [-0.3, -0.25) is 14.8 Å². The molecule has 1 aromatic heterocycles. The number of likely N-dealkylation sites (N-methyl/N-ethyl adjacent to an activating group) is 1. The predicted molar refractivity (Wildman–Crippen MR) is 91.8 cm³/mol. The Kier molecular flexibility index (Phi) is 10.6. The van der Waals surface area contributed by atoms with Gasteiger partial charge in [0, 0.05) is 26.5 Å². The summed E-state index contributed by atoms with van der Waals surface area (Å²) in [7, 11) is 3.40. The van der Waals surface area contributed by atoms with Crippen LogP contribution in [0.3, 0.4) is 0 Å². The van der Waals surface area contributed by atoms with Gasteiger partial charge < -0.3 is 9.64 Å². The van der Waals surface area contributed by atoms with E-state index in [0.29, 0.717) is 0 Å². The highest BCUT2D eigenvalue weighted by Gasteiger charge is 2.07. The second-order valence-corrected chi connectivity index (χ2v) is 4.47. The minimum atomic E-state index is -0.238. The topological polar surface area (TPSA) is 54.8 Å². The van der Waals surface area contributed by atoms with Crippen LogP contribution in [0.4, 0.5) is 0 Å². The lowest BCUT2D eigenvalue weighted by Gasteiger charge is -2.12. The number of aliphatic imine (C=N–C) groups is 1. The molecule has 122 valence electrons. The summed E-state index contributed by atoms with van der Waals surface area (Å²) in [6, 6.07) is 5.67. The van der Waals surface area contributed by atoms with Gasteiger partial charge in [0.25, 0.3) is 0 Å². The number of hydrogen-bond donors (Lipinski definition) is 0. The molecule has 0 aromatic carbocycles. The Labute approximate surface area is 133 Å². The molecule has 5 heteroatoms. The molecule has 0 spiro atoms. The highest BCUT2D eigenvalue weighted by molar-refractivity contribution is 5.78. The smallest absolute Gasteiger partial charge is 0.248 e. The zero-order valence-electron chi connectivity index (χ0n) is 14.4. The first kappa shape index (κ1) is 20.0. The van der Waals surface area contributed by atoms with Gasteiger partial charge in [0.15, 0.2) is 0 Å². The number of allylic oxidation sites excluding steroid dienone is 1. The number of nitrogens with zero attached hydrogens (tertiary/aromatic N) is 3. The zero-order chi connectivity index (χ0) is 17.0. The maximum absolute atomic E-state index is 11.4. The van der Waals surface area contributed by atoms with Crippen LogP contribution in [0.5, 0.6) is 0 Å². The molecule has 1 unspecified atom stereocenters. The average Bonchev–Trinajstić information content (AvgIpc) is 2.56. The van der Waals surface area contributed by atoms with Crippen molar-refractivity contribution < 1.29 is 9.53 Å². The largest absolute Gasteiger partial charge is 0.363 e. The standard InChI is InChI=1S/C15H21N3O2.C2H6/c1-5-13(14-8-6-7-9-16-14)17-10-12(2)20-11-15(19)18(3)4;1-2/h5-10,12H,11H2,1-4H3;1-2H3/b13-5-,17-10?;. The Hall–Kier alpha value is -2.01. The molecule has 5 nitrogen and oxygen atoms in total. The minimum absolute atomic E-state index is 0.0505. The molecule has 0 radical (unpaired) electrons. The van der Waals surface area contributed by atoms with Crippen molar-refractivity contribution in [3.05, 3.63) is 36.2 Å². The first-order valence-corrected chi connectivity index (χ1v) is 7.48. The minimum Gasteiger partial charge on any atom is -0.363 e. The highest BCUT2D eigenvalue weighted by atomic mass is 16.5. The summed E-state index contributed by atoms with van der Waals surface area (Å²) in [5, 5.41) is 0. The third kappa shape index (κ3) is 7.69. The van der Waals surface area contributed by atoms with Gasteiger partial charge in [0.05, 0.1) is 17.5 Å². The Balaban J connectivity index is 0.00000211. The van der Waals surface area contributed by atoms with E-state index in [-0.39, 0.29) is 18.6 Å². The Morgan fingerprint density at radius 1 is 1.41 bits per heavy atom. The van der Waals surface area contributed by atoms with Gasteiger partial charge in [-0.15, -0.1) is 0 Å². The SMILES string of the molecule is C/C=C(\N=CC(C)OCC(=O)N(C)C)c1ccccn1.CC. The van der Waals surface area contributed by atoms with E-state index in [2.05, 4.69) is 9.98 Å². The summed E-state index contributed by atoms with van der Waals surface area (Å²) < 4.78 is 5.41. The second-order valence-electron chi connectivity index (χ2n) is 4.47. The van der Waals surface area contributed by atoms with E-state index in [0.717, 1.165) is 11.4 Å². The van der Waals surface area contributed by atoms with E-state index >= 15 is 0 Å². The molecule has 0 bridgehead atoms. The van der Waals surface area contributed by atoms with E-state index in [1.54, 1.807) is 26.5 Å². The number of hydrogen-bond acceptors (Lipinski definition) is 4. The van der Waals surface area contributed by atoms with Gasteiger partial charge in [0.1, 0.15) is 6.61 Å². The molecule has 0 saturated carbocycles. The van der Waals surface area contributed by atoms with Crippen molar-refractivity contribution in [1.29, 1.82) is 0 Å². The number of amides is 1. The summed E-state index contributed by atoms with van der Waals surface area (Å²) in [5.74, 6) is -0.0683. The fourth-order valence-corrected chi connectivity index (χ4v) is 1.36. The van der Waals surface area contributed by atoms with Crippen LogP contribution >= 0.6 is 0 Å². The number of aromatic nitrogens is 1. The molecule has 0 aliphatic heterocycles. The molecule has 1 aromatic rings. The number of carbonyl (C=O) groups excluding carboxylic acids is 1. The third-order valence-corrected chi connectivity index (χ3v) is 2.59. The molecule has 1 rings (SSSR count). The van der Waals surface area contributed by atoms with Crippen LogP contribution in [0.25, 0.3) is 5.70 Å². The zero-order valence-corrected chi connectivity index (χ0v) is 14.4. The van der Waals surface area contributed by atoms with Crippen molar-refractivity contribution in [3.8, 4) is 0 Å². The molecule has 0 N–H and O–H groups in total. The summed E-state index contributed by atoms with van der Waals surface area (Å²) in [6.07, 6.45) is 5.05. The number of pyridine rings is 1. The Morgan fingerprint density at radius 3 is 2.59 bits per heavy atom. The number of carbonyl (C=O) groups is 1. The third-order valence-electron chi connectivity index (χ3n) is 2.59. The molecule has 1 heterocycles. The van der Waals surface area contributed by atoms with E-state index in [1.807, 2.05) is 52.0 Å². The van der Waals surface area contributed by atoms with Crippen LogP contribution in [0.2, 0.25) is 0 Å². The van der Waals surface area contributed by atoms with Gasteiger partial charge in [-0.05, 0) is 26.0 Å². The maximum Gasteiger partial charge on any atom is 0.248 e. The highest BCUT2D eigenvalue weighted by Crippen LogP contribution is 2.11. The summed E-state index contributed by atoms with van der Waals surface area (Å²) in [6.45, 7) is 7.80. The lowest BCUT2D eigenvalue weighted by Crippen LogP contribution is -2.28. The fourth-order valence-electron chi connectivity index (χ4n) is 1.36. The fraction of sp³-hybridized carbons (Fsp3) is 0.471. The molecule has 0 aliphatic rings. The summed E-state index contributed by atoms with van der Waals surface area (Å²) in [4.78, 5) is 21.5. The molecule has 0 saturated heterocycles. The molecule has 1 amide bonds. The molecule has 22 heavy (non-hydrogen) atoms. The molecule has 0 fully saturated rings. The van der Waals surface area contributed by atoms with Gasteiger partial charge in [-0.25, -0.2) is 0 Å². The van der Waals surface area contributed by atoms with Crippen LogP contribution < -0.4 is 0 Å². The Bertz CT molecular complexity index is 482. The van der Waals surface area contributed by atoms with Crippen LogP contribution in [0.15, 0.2) is 35.5 Å². The van der Waals surface area contributed by atoms with Gasteiger partial charge in [0.2, 0.25) is 5.91 Å². The maximum atomic E-state index is 11.4. The lowest BCUT2D eigenvalue weighted by atomic mass is 10.2. The van der Waals surface area contributed by atoms with Crippen LogP contribution in [-0.2, 0) is 9.53 Å². The monoisotopic (exact) mass is 305 g/mol. The van der Waals surface area contributed by atoms with Crippen molar-refractivity contribution >= 4 is 17.8 Å². The Morgan fingerprint density at radius 2 is 2.09 bits per heavy atom. The van der Waals surface area contributed by atoms with Crippen LogP contribution in [-0.4, -0.2) is 48.8 Å². The first-order valence-electron chi connectivity index (χ1n) is 7.48. The quantitative estimate of drug-likeness (QED) is 0.759. The average molecular weight is 305 g/mol. The van der Waals surface area contributed by atoms with Crippen molar-refractivity contribution in [2.45, 2.75) is 33.8 Å². The van der Waals surface area contributed by atoms with Crippen molar-refractivity contribution in [2.24, 2.45) is 4.99 Å². The van der Waals surface area contributed by atoms with E-state index in [4.69, 9.17) is 4.74 Å². The summed E-state index contributed by atoms with van der Waals surface area (Å²) in [5.41, 5.74) is 1.59. The van der Waals surface area contributed by atoms with E-state index in [9.17, 15) is 4.79 Å². The van der Waals surface area contributed by atoms with Gasteiger partial charge in [-0.2, -0.15) is 0 Å². The molecular weight excluding hydrogens is 278 g/mol. The first-order chi connectivity index (χ1) is 10.5. The van der Waals surface area contributed by atoms with Crippen LogP contribution in [0.1, 0.15) is 33.4 Å². The van der Waals surface area contributed by atoms with Crippen molar-refractivity contribution in [3.63, 3.8) is 0 Å². The van der Waals surface area contributed by atoms with E-state index < -0.39 is 0 Å².